The van der Waals surface area contributed by atoms with Gasteiger partial charge >= 0.3 is 5.97 Å². The third kappa shape index (κ3) is 5.38. The van der Waals surface area contributed by atoms with E-state index in [0.717, 1.165) is 0 Å². The standard InChI is InChI=1S/C13H17FO4S/c1-2-19(17,18)7-6-11(13(15)16)8-10-4-3-5-12(14)9-10/h3-5,9,11H,2,6-8H2,1H3,(H,15,16). The van der Waals surface area contributed by atoms with Crippen LogP contribution in [0.3, 0.4) is 0 Å². The topological polar surface area (TPSA) is 71.4 Å². The molecule has 0 aliphatic rings. The van der Waals surface area contributed by atoms with E-state index in [1.54, 1.807) is 6.07 Å². The maximum Gasteiger partial charge on any atom is 0.306 e. The summed E-state index contributed by atoms with van der Waals surface area (Å²) < 4.78 is 35.8. The van der Waals surface area contributed by atoms with Crippen LogP contribution in [0.5, 0.6) is 0 Å². The first-order valence-electron chi connectivity index (χ1n) is 6.01. The molecule has 0 aromatic heterocycles. The van der Waals surface area contributed by atoms with Crippen molar-refractivity contribution >= 4 is 15.8 Å². The zero-order valence-corrected chi connectivity index (χ0v) is 11.5. The molecule has 1 aromatic carbocycles. The minimum absolute atomic E-state index is 0.000690. The van der Waals surface area contributed by atoms with Gasteiger partial charge in [-0.1, -0.05) is 19.1 Å². The minimum Gasteiger partial charge on any atom is -0.481 e. The van der Waals surface area contributed by atoms with Crippen LogP contribution in [0.25, 0.3) is 0 Å². The molecule has 0 heterocycles. The molecule has 0 saturated heterocycles. The van der Waals surface area contributed by atoms with Gasteiger partial charge in [0.15, 0.2) is 0 Å². The molecule has 4 nitrogen and oxygen atoms in total. The largest absolute Gasteiger partial charge is 0.481 e. The average Bonchev–Trinajstić information content (AvgIpc) is 2.34. The van der Waals surface area contributed by atoms with E-state index in [4.69, 9.17) is 5.11 Å². The summed E-state index contributed by atoms with van der Waals surface area (Å²) in [6, 6.07) is 5.69. The second kappa shape index (κ2) is 6.65. The third-order valence-corrected chi connectivity index (χ3v) is 4.67. The van der Waals surface area contributed by atoms with E-state index in [1.807, 2.05) is 0 Å². The molecule has 1 aromatic rings. The molecule has 0 radical (unpaired) electrons. The Morgan fingerprint density at radius 1 is 1.42 bits per heavy atom. The number of hydrogen-bond acceptors (Lipinski definition) is 3. The molecule has 1 atom stereocenters. The molecule has 0 bridgehead atoms. The van der Waals surface area contributed by atoms with Gasteiger partial charge in [0.1, 0.15) is 15.7 Å². The maximum atomic E-state index is 13.0. The number of halogens is 1. The zero-order valence-electron chi connectivity index (χ0n) is 10.7. The number of hydrogen-bond donors (Lipinski definition) is 1. The Balaban J connectivity index is 2.71. The summed E-state index contributed by atoms with van der Waals surface area (Å²) in [7, 11) is -3.19. The minimum atomic E-state index is -3.19. The number of carboxylic acids is 1. The molecular weight excluding hydrogens is 271 g/mol. The van der Waals surface area contributed by atoms with Gasteiger partial charge in [-0.2, -0.15) is 0 Å². The summed E-state index contributed by atoms with van der Waals surface area (Å²) in [6.45, 7) is 1.53. The Kier molecular flexibility index (Phi) is 5.47. The van der Waals surface area contributed by atoms with E-state index in [0.29, 0.717) is 5.56 Å². The molecule has 0 aliphatic heterocycles. The van der Waals surface area contributed by atoms with Gasteiger partial charge in [-0.3, -0.25) is 4.79 Å². The van der Waals surface area contributed by atoms with Gasteiger partial charge in [-0.25, -0.2) is 12.8 Å². The average molecular weight is 288 g/mol. The predicted octanol–water partition coefficient (Wildman–Crippen LogP) is 1.89. The smallest absolute Gasteiger partial charge is 0.306 e. The van der Waals surface area contributed by atoms with Crippen molar-refractivity contribution in [2.24, 2.45) is 5.92 Å². The Morgan fingerprint density at radius 3 is 2.63 bits per heavy atom. The normalized spacial score (nSPS) is 13.2. The summed E-state index contributed by atoms with van der Waals surface area (Å²) in [4.78, 5) is 11.1. The first-order valence-corrected chi connectivity index (χ1v) is 7.84. The molecule has 0 fully saturated rings. The van der Waals surface area contributed by atoms with Gasteiger partial charge in [0.2, 0.25) is 0 Å². The van der Waals surface area contributed by atoms with Crippen LogP contribution in [-0.4, -0.2) is 31.0 Å². The lowest BCUT2D eigenvalue weighted by Crippen LogP contribution is -2.21. The van der Waals surface area contributed by atoms with Crippen LogP contribution in [0.4, 0.5) is 4.39 Å². The van der Waals surface area contributed by atoms with Crippen LogP contribution in [0.2, 0.25) is 0 Å². The van der Waals surface area contributed by atoms with E-state index < -0.39 is 27.5 Å². The first kappa shape index (κ1) is 15.6. The van der Waals surface area contributed by atoms with Crippen molar-refractivity contribution in [2.75, 3.05) is 11.5 Å². The molecule has 0 amide bonds. The zero-order chi connectivity index (χ0) is 14.5. The molecule has 6 heteroatoms. The van der Waals surface area contributed by atoms with Gasteiger partial charge in [0.25, 0.3) is 0 Å². The number of rotatable bonds is 7. The SMILES string of the molecule is CCS(=O)(=O)CCC(Cc1cccc(F)c1)C(=O)O. The van der Waals surface area contributed by atoms with Crippen molar-refractivity contribution in [2.45, 2.75) is 19.8 Å². The Morgan fingerprint density at radius 2 is 2.11 bits per heavy atom. The van der Waals surface area contributed by atoms with Crippen LogP contribution < -0.4 is 0 Å². The predicted molar refractivity (Wildman–Crippen MR) is 70.2 cm³/mol. The fourth-order valence-corrected chi connectivity index (χ4v) is 2.66. The lowest BCUT2D eigenvalue weighted by atomic mass is 9.97. The van der Waals surface area contributed by atoms with Crippen LogP contribution in [0.15, 0.2) is 24.3 Å². The van der Waals surface area contributed by atoms with Crippen LogP contribution in [0.1, 0.15) is 18.9 Å². The van der Waals surface area contributed by atoms with Crippen LogP contribution >= 0.6 is 0 Å². The molecule has 19 heavy (non-hydrogen) atoms. The van der Waals surface area contributed by atoms with E-state index >= 15 is 0 Å². The van der Waals surface area contributed by atoms with Crippen molar-refractivity contribution in [3.8, 4) is 0 Å². The molecule has 106 valence electrons. The molecule has 0 saturated carbocycles. The Bertz CT molecular complexity index is 539. The van der Waals surface area contributed by atoms with Gasteiger partial charge in [0, 0.05) is 5.75 Å². The van der Waals surface area contributed by atoms with E-state index in [9.17, 15) is 17.6 Å². The van der Waals surface area contributed by atoms with Crippen molar-refractivity contribution < 1.29 is 22.7 Å². The summed E-state index contributed by atoms with van der Waals surface area (Å²) >= 11 is 0. The number of aliphatic carboxylic acids is 1. The van der Waals surface area contributed by atoms with Crippen molar-refractivity contribution in [3.63, 3.8) is 0 Å². The maximum absolute atomic E-state index is 13.0. The fourth-order valence-electron chi connectivity index (χ4n) is 1.73. The highest BCUT2D eigenvalue weighted by Gasteiger charge is 2.21. The van der Waals surface area contributed by atoms with Gasteiger partial charge in [-0.05, 0) is 30.5 Å². The second-order valence-corrected chi connectivity index (χ2v) is 6.87. The van der Waals surface area contributed by atoms with Gasteiger partial charge in [0.05, 0.1) is 11.7 Å². The molecule has 1 unspecified atom stereocenters. The fraction of sp³-hybridized carbons (Fsp3) is 0.462. The molecule has 1 N–H and O–H groups in total. The highest BCUT2D eigenvalue weighted by molar-refractivity contribution is 7.91. The lowest BCUT2D eigenvalue weighted by molar-refractivity contribution is -0.141. The van der Waals surface area contributed by atoms with Crippen molar-refractivity contribution in [1.29, 1.82) is 0 Å². The molecular formula is C13H17FO4S. The molecule has 0 aliphatic carbocycles. The molecule has 0 spiro atoms. The highest BCUT2D eigenvalue weighted by atomic mass is 32.2. The monoisotopic (exact) mass is 288 g/mol. The first-order chi connectivity index (χ1) is 8.84. The number of carbonyl (C=O) groups is 1. The summed E-state index contributed by atoms with van der Waals surface area (Å²) in [6.07, 6.45) is 0.175. The van der Waals surface area contributed by atoms with E-state index in [1.165, 1.54) is 25.1 Å². The van der Waals surface area contributed by atoms with Crippen LogP contribution in [0, 0.1) is 11.7 Å². The number of sulfone groups is 1. The summed E-state index contributed by atoms with van der Waals surface area (Å²) in [5.41, 5.74) is 0.557. The third-order valence-electron chi connectivity index (χ3n) is 2.94. The van der Waals surface area contributed by atoms with E-state index in [2.05, 4.69) is 0 Å². The Hall–Kier alpha value is -1.43. The second-order valence-electron chi connectivity index (χ2n) is 4.39. The van der Waals surface area contributed by atoms with Crippen molar-refractivity contribution in [3.05, 3.63) is 35.6 Å². The quantitative estimate of drug-likeness (QED) is 0.831. The lowest BCUT2D eigenvalue weighted by Gasteiger charge is -2.12. The van der Waals surface area contributed by atoms with Crippen LogP contribution in [-0.2, 0) is 21.1 Å². The number of benzene rings is 1. The van der Waals surface area contributed by atoms with Gasteiger partial charge in [-0.15, -0.1) is 0 Å². The van der Waals surface area contributed by atoms with E-state index in [-0.39, 0.29) is 24.3 Å². The highest BCUT2D eigenvalue weighted by Crippen LogP contribution is 2.15. The Labute approximate surface area is 112 Å². The summed E-state index contributed by atoms with van der Waals surface area (Å²) in [5.74, 6) is -2.46. The van der Waals surface area contributed by atoms with Gasteiger partial charge < -0.3 is 5.11 Å². The summed E-state index contributed by atoms with van der Waals surface area (Å²) in [5, 5.41) is 9.08. The number of carboxylic acid groups (broad SMARTS) is 1. The molecule has 1 rings (SSSR count). The van der Waals surface area contributed by atoms with Crippen molar-refractivity contribution in [1.82, 2.24) is 0 Å².